The number of hydrogen-bond acceptors (Lipinski definition) is 15. The van der Waals surface area contributed by atoms with Crippen LogP contribution in [0, 0.1) is 0 Å². The summed E-state index contributed by atoms with van der Waals surface area (Å²) in [6.07, 6.45) is 0. The third-order valence-corrected chi connectivity index (χ3v) is 0. The molecule has 0 aliphatic heterocycles. The smallest absolute Gasteiger partial charge is 2.00 e. The molecule has 0 heterocycles. The molecule has 0 saturated heterocycles. The molecule has 0 bridgehead atoms. The minimum atomic E-state index is -4.20. The second kappa shape index (κ2) is 39.8. The van der Waals surface area contributed by atoms with Crippen LogP contribution in [0.15, 0.2) is 0 Å². The molecule has 22 heavy (non-hydrogen) atoms. The van der Waals surface area contributed by atoms with Gasteiger partial charge in [-0.1, -0.05) is 0 Å². The van der Waals surface area contributed by atoms with Crippen molar-refractivity contribution in [3.8, 4) is 0 Å². The molecule has 0 rings (SSSR count). The van der Waals surface area contributed by atoms with Gasteiger partial charge in [-0.15, -0.1) is 0 Å². The van der Waals surface area contributed by atoms with E-state index in [9.17, 15) is 0 Å². The van der Waals surface area contributed by atoms with Crippen molar-refractivity contribution in [2.75, 3.05) is 0 Å². The zero-order valence-electron chi connectivity index (χ0n) is 9.51. The summed E-state index contributed by atoms with van der Waals surface area (Å²) >= 11 is -21.0. The van der Waals surface area contributed by atoms with Crippen molar-refractivity contribution in [2.45, 2.75) is 0 Å². The Morgan fingerprint density at radius 3 is 0.364 bits per heavy atom. The third-order valence-electron chi connectivity index (χ3n) is 0. The van der Waals surface area contributed by atoms with Crippen LogP contribution in [0.2, 0.25) is 0 Å². The first-order chi connectivity index (χ1) is 8.66. The van der Waals surface area contributed by atoms with Gasteiger partial charge in [0.2, 0.25) is 0 Å². The van der Waals surface area contributed by atoms with Crippen molar-refractivity contribution in [1.29, 1.82) is 0 Å². The Kier molecular flexibility index (Phi) is 81.3. The topological polar surface area (TPSA) is 286 Å². The molecule has 0 aliphatic carbocycles. The van der Waals surface area contributed by atoms with E-state index in [4.69, 9.17) is 50.6 Å². The molecule has 0 unspecified atom stereocenters. The van der Waals surface area contributed by atoms with Gasteiger partial charge in [-0.05, 0) is 0 Å². The van der Waals surface area contributed by atoms with Gasteiger partial charge in [-0.25, -0.2) is 0 Å². The van der Waals surface area contributed by atoms with E-state index in [1.165, 1.54) is 0 Å². The monoisotopic (exact) mass is 1000 g/mol. The van der Waals surface area contributed by atoms with E-state index < -0.39 is 93.9 Å². The van der Waals surface area contributed by atoms with Gasteiger partial charge in [0, 0.05) is 0 Å². The van der Waals surface area contributed by atoms with E-state index in [2.05, 4.69) is 0 Å². The SMILES string of the molecule is [Bi+3].[O]=[Nb](=[O])[O-].[O]=[Nb](=[O])[O-].[O]=[Nb](=[O])[O-].[O]=[Nb](=[O])[O-].[O]=[Nb](=[O])[O-].[Sr+2]. The molecule has 0 aromatic rings. The molecule has 0 atom stereocenters. The molecule has 2 radical (unpaired) electrons. The Morgan fingerprint density at radius 1 is 0.364 bits per heavy atom. The van der Waals surface area contributed by atoms with Crippen molar-refractivity contribution >= 4 is 71.7 Å². The van der Waals surface area contributed by atoms with Crippen molar-refractivity contribution in [2.24, 2.45) is 0 Å². The van der Waals surface area contributed by atoms with Gasteiger partial charge in [0.25, 0.3) is 0 Å². The van der Waals surface area contributed by atoms with Gasteiger partial charge in [0.15, 0.2) is 0 Å². The summed E-state index contributed by atoms with van der Waals surface area (Å²) in [5.41, 5.74) is 0. The van der Waals surface area contributed by atoms with Crippen LogP contribution in [0.5, 0.6) is 0 Å². The maximum Gasteiger partial charge on any atom is 2.00 e. The second-order valence-electron chi connectivity index (χ2n) is 1.12. The maximum atomic E-state index is 8.60. The van der Waals surface area contributed by atoms with Gasteiger partial charge < -0.3 is 0 Å². The van der Waals surface area contributed by atoms with Crippen LogP contribution in [0.4, 0.5) is 0 Å². The predicted octanol–water partition coefficient (Wildman–Crippen LogP) is -7.91. The Bertz CT molecular complexity index is 386. The fourth-order valence-corrected chi connectivity index (χ4v) is 0. The molecule has 15 nitrogen and oxygen atoms in total. The molecule has 0 aliphatic rings. The van der Waals surface area contributed by atoms with Crippen LogP contribution < -0.4 is 18.1 Å². The standard InChI is InChI=1S/Bi.5Nb.15O.Sr/q+3;;;;;;;;;;;;;;;;5*-1;+2. The van der Waals surface area contributed by atoms with E-state index in [-0.39, 0.29) is 71.7 Å². The average Bonchev–Trinajstić information content (AvgIpc) is 1.94. The molecule has 0 spiro atoms. The van der Waals surface area contributed by atoms with Crippen molar-refractivity contribution < 1.29 is 145 Å². The molecule has 0 N–H and O–H groups in total. The largest absolute Gasteiger partial charge is 2.00 e. The first-order valence-electron chi connectivity index (χ1n) is 2.74. The summed E-state index contributed by atoms with van der Waals surface area (Å²) in [4.78, 5) is 0. The molecule has 0 fully saturated rings. The molecular formula is BiNb5O15Sr. The molecule has 22 heteroatoms. The summed E-state index contributed by atoms with van der Waals surface area (Å²) < 4.78 is 129. The molecule has 122 valence electrons. The van der Waals surface area contributed by atoms with E-state index in [0.717, 1.165) is 0 Å². The molecule has 0 saturated carbocycles. The zero-order chi connectivity index (χ0) is 17.9. The Balaban J connectivity index is -0.0000000250. The van der Waals surface area contributed by atoms with Crippen molar-refractivity contribution in [3.05, 3.63) is 0 Å². The van der Waals surface area contributed by atoms with Crippen LogP contribution in [0.1, 0.15) is 0 Å². The first kappa shape index (κ1) is 44.9. The van der Waals surface area contributed by atoms with E-state index in [0.29, 0.717) is 0 Å². The Labute approximate surface area is 211 Å². The van der Waals surface area contributed by atoms with Crippen LogP contribution in [0.3, 0.4) is 0 Å². The fourth-order valence-electron chi connectivity index (χ4n) is 0. The Morgan fingerprint density at radius 2 is 0.364 bits per heavy atom. The Hall–Kier alpha value is 3.86. The summed E-state index contributed by atoms with van der Waals surface area (Å²) in [6, 6.07) is 0. The molecular weight excluding hydrogens is 1000 g/mol. The average molecular weight is 1000 g/mol. The predicted molar refractivity (Wildman–Crippen MR) is 18.4 cm³/mol. The normalized spacial score (nSPS) is 5.68. The van der Waals surface area contributed by atoms with E-state index in [1.54, 1.807) is 0 Å². The summed E-state index contributed by atoms with van der Waals surface area (Å²) in [5.74, 6) is 0. The summed E-state index contributed by atoms with van der Waals surface area (Å²) in [6.45, 7) is 0. The quantitative estimate of drug-likeness (QED) is 0.204. The van der Waals surface area contributed by atoms with Crippen LogP contribution in [-0.4, -0.2) is 71.7 Å². The van der Waals surface area contributed by atoms with Crippen LogP contribution in [0.25, 0.3) is 0 Å². The minimum absolute atomic E-state index is 0. The van der Waals surface area contributed by atoms with Gasteiger partial charge in [0.05, 0.1) is 0 Å². The van der Waals surface area contributed by atoms with Crippen molar-refractivity contribution in [1.82, 2.24) is 0 Å². The van der Waals surface area contributed by atoms with Gasteiger partial charge >= 0.3 is 216 Å². The molecule has 0 aromatic heterocycles. The van der Waals surface area contributed by atoms with E-state index >= 15 is 0 Å². The summed E-state index contributed by atoms with van der Waals surface area (Å²) in [5, 5.41) is 0. The minimum Gasteiger partial charge on any atom is 2.00 e. The van der Waals surface area contributed by atoms with Gasteiger partial charge in [-0.2, -0.15) is 0 Å². The van der Waals surface area contributed by atoms with Gasteiger partial charge in [0.1, 0.15) is 0 Å². The maximum absolute atomic E-state index is 8.60. The third kappa shape index (κ3) is 835. The molecule has 0 aromatic carbocycles. The number of hydrogen-bond donors (Lipinski definition) is 0. The summed E-state index contributed by atoms with van der Waals surface area (Å²) in [7, 11) is 0. The van der Waals surface area contributed by atoms with Crippen molar-refractivity contribution in [3.63, 3.8) is 0 Å². The van der Waals surface area contributed by atoms with Crippen LogP contribution >= 0.6 is 0 Å². The zero-order valence-corrected chi connectivity index (χ0v) is 27.5. The fraction of sp³-hybridized carbons (Fsp3) is 0. The van der Waals surface area contributed by atoms with Crippen LogP contribution in [-0.2, 0) is 126 Å². The first-order valence-corrected chi connectivity index (χ1v) is 16.2. The van der Waals surface area contributed by atoms with Gasteiger partial charge in [-0.3, -0.25) is 0 Å². The second-order valence-corrected chi connectivity index (χ2v) is 6.61. The number of rotatable bonds is 0. The molecule has 0 amide bonds. The van der Waals surface area contributed by atoms with E-state index in [1.807, 2.05) is 0 Å².